The summed E-state index contributed by atoms with van der Waals surface area (Å²) in [6.07, 6.45) is 2.91. The van der Waals surface area contributed by atoms with Crippen molar-refractivity contribution in [3.63, 3.8) is 0 Å². The number of carboxylic acid groups (broad SMARTS) is 1. The molecule has 144 valence electrons. The average Bonchev–Trinajstić information content (AvgIpc) is 2.52. The van der Waals surface area contributed by atoms with Gasteiger partial charge in [-0.25, -0.2) is 4.79 Å². The second-order valence-electron chi connectivity index (χ2n) is 7.58. The Morgan fingerprint density at radius 2 is 2.00 bits per heavy atom. The van der Waals surface area contributed by atoms with Gasteiger partial charge < -0.3 is 20.1 Å². The molecule has 25 heavy (non-hydrogen) atoms. The third-order valence-corrected chi connectivity index (χ3v) is 4.16. The zero-order chi connectivity index (χ0) is 19.0. The molecule has 1 saturated heterocycles. The quantitative estimate of drug-likeness (QED) is 0.691. The molecule has 0 aliphatic carbocycles. The van der Waals surface area contributed by atoms with Crippen LogP contribution in [-0.2, 0) is 19.1 Å². The maximum Gasteiger partial charge on any atom is 0.326 e. The number of nitrogens with one attached hydrogen (secondary N) is 1. The molecule has 1 aliphatic heterocycles. The molecule has 7 heteroatoms. The van der Waals surface area contributed by atoms with Crippen molar-refractivity contribution in [3.8, 4) is 0 Å². The van der Waals surface area contributed by atoms with Crippen molar-refractivity contribution in [2.75, 3.05) is 19.7 Å². The molecule has 2 unspecified atom stereocenters. The van der Waals surface area contributed by atoms with Gasteiger partial charge in [0.2, 0.25) is 11.8 Å². The highest BCUT2D eigenvalue weighted by atomic mass is 16.5. The van der Waals surface area contributed by atoms with Gasteiger partial charge in [0.05, 0.1) is 11.5 Å². The molecule has 1 heterocycles. The van der Waals surface area contributed by atoms with Crippen LogP contribution >= 0.6 is 0 Å². The highest BCUT2D eigenvalue weighted by molar-refractivity contribution is 5.86. The van der Waals surface area contributed by atoms with Crippen LogP contribution in [0.15, 0.2) is 0 Å². The number of piperidine rings is 1. The van der Waals surface area contributed by atoms with Gasteiger partial charge in [0, 0.05) is 32.5 Å². The van der Waals surface area contributed by atoms with Crippen LogP contribution in [0.25, 0.3) is 0 Å². The Morgan fingerprint density at radius 1 is 1.32 bits per heavy atom. The molecule has 2 N–H and O–H groups in total. The van der Waals surface area contributed by atoms with Crippen LogP contribution in [0.4, 0.5) is 0 Å². The molecule has 0 aromatic rings. The Hall–Kier alpha value is -1.63. The van der Waals surface area contributed by atoms with Crippen LogP contribution in [0.2, 0.25) is 0 Å². The predicted molar refractivity (Wildman–Crippen MR) is 94.1 cm³/mol. The molecule has 0 saturated carbocycles. The lowest BCUT2D eigenvalue weighted by molar-refractivity contribution is -0.144. The number of hydrogen-bond donors (Lipinski definition) is 2. The number of aliphatic carboxylic acids is 1. The third-order valence-electron chi connectivity index (χ3n) is 4.16. The molecule has 0 aromatic heterocycles. The largest absolute Gasteiger partial charge is 0.480 e. The van der Waals surface area contributed by atoms with Gasteiger partial charge in [0.25, 0.3) is 0 Å². The predicted octanol–water partition coefficient (Wildman–Crippen LogP) is 1.80. The number of carboxylic acids is 1. The van der Waals surface area contributed by atoms with Gasteiger partial charge in [0.15, 0.2) is 0 Å². The Bertz CT molecular complexity index is 473. The van der Waals surface area contributed by atoms with Crippen molar-refractivity contribution in [2.45, 2.75) is 71.4 Å². The lowest BCUT2D eigenvalue weighted by Gasteiger charge is -2.32. The monoisotopic (exact) mass is 356 g/mol. The number of carbonyl (C=O) groups is 3. The van der Waals surface area contributed by atoms with E-state index in [0.29, 0.717) is 25.9 Å². The first-order chi connectivity index (χ1) is 11.6. The molecule has 1 fully saturated rings. The third kappa shape index (κ3) is 7.86. The Morgan fingerprint density at radius 3 is 2.56 bits per heavy atom. The fourth-order valence-corrected chi connectivity index (χ4v) is 2.82. The van der Waals surface area contributed by atoms with Crippen molar-refractivity contribution in [3.05, 3.63) is 0 Å². The van der Waals surface area contributed by atoms with Crippen LogP contribution in [0.3, 0.4) is 0 Å². The summed E-state index contributed by atoms with van der Waals surface area (Å²) in [4.78, 5) is 37.6. The summed E-state index contributed by atoms with van der Waals surface area (Å²) < 4.78 is 5.54. The van der Waals surface area contributed by atoms with Crippen LogP contribution in [0.1, 0.15) is 59.8 Å². The fraction of sp³-hybridized carbons (Fsp3) is 0.833. The summed E-state index contributed by atoms with van der Waals surface area (Å²) in [6, 6.07) is -0.975. The molecule has 7 nitrogen and oxygen atoms in total. The van der Waals surface area contributed by atoms with E-state index in [0.717, 1.165) is 12.8 Å². The van der Waals surface area contributed by atoms with Crippen molar-refractivity contribution in [1.29, 1.82) is 0 Å². The summed E-state index contributed by atoms with van der Waals surface area (Å²) in [5.41, 5.74) is -0.351. The second kappa shape index (κ2) is 9.75. The van der Waals surface area contributed by atoms with E-state index in [1.807, 2.05) is 27.7 Å². The Kier molecular flexibility index (Phi) is 8.35. The first-order valence-corrected chi connectivity index (χ1v) is 9.09. The normalized spacial score (nSPS) is 19.4. The number of carbonyl (C=O) groups excluding carboxylic acids is 2. The van der Waals surface area contributed by atoms with E-state index in [1.165, 1.54) is 0 Å². The van der Waals surface area contributed by atoms with E-state index in [-0.39, 0.29) is 36.4 Å². The van der Waals surface area contributed by atoms with Crippen molar-refractivity contribution in [2.24, 2.45) is 5.92 Å². The lowest BCUT2D eigenvalue weighted by atomic mass is 9.96. The first kappa shape index (κ1) is 21.4. The molecule has 0 spiro atoms. The van der Waals surface area contributed by atoms with Gasteiger partial charge in [-0.15, -0.1) is 0 Å². The second-order valence-corrected chi connectivity index (χ2v) is 7.58. The highest BCUT2D eigenvalue weighted by Crippen LogP contribution is 2.18. The average molecular weight is 356 g/mol. The number of rotatable bonds is 8. The zero-order valence-corrected chi connectivity index (χ0v) is 15.8. The van der Waals surface area contributed by atoms with E-state index in [1.54, 1.807) is 4.90 Å². The number of ether oxygens (including phenoxy) is 1. The van der Waals surface area contributed by atoms with Crippen molar-refractivity contribution >= 4 is 17.8 Å². The molecule has 2 amide bonds. The number of amides is 2. The molecule has 0 bridgehead atoms. The summed E-state index contributed by atoms with van der Waals surface area (Å²) in [6.45, 7) is 8.93. The number of likely N-dealkylation sites (tertiary alicyclic amines) is 1. The zero-order valence-electron chi connectivity index (χ0n) is 15.8. The van der Waals surface area contributed by atoms with E-state index < -0.39 is 12.0 Å². The van der Waals surface area contributed by atoms with Crippen LogP contribution in [0, 0.1) is 5.92 Å². The standard InChI is InChI=1S/C18H32N2O5/c1-5-7-15(21)20-10-6-8-13(12-20)16(22)19-14(17(23)24)9-11-25-18(2,3)4/h13-14H,5-12H2,1-4H3,(H,19,22)(H,23,24). The molecule has 2 atom stereocenters. The first-order valence-electron chi connectivity index (χ1n) is 9.09. The Balaban J connectivity index is 2.55. The van der Waals surface area contributed by atoms with Crippen LogP contribution in [0.5, 0.6) is 0 Å². The summed E-state index contributed by atoms with van der Waals surface area (Å²) in [7, 11) is 0. The summed E-state index contributed by atoms with van der Waals surface area (Å²) in [5.74, 6) is -1.65. The van der Waals surface area contributed by atoms with E-state index in [2.05, 4.69) is 5.32 Å². The molecular formula is C18H32N2O5. The lowest BCUT2D eigenvalue weighted by Crippen LogP contribution is -2.49. The minimum Gasteiger partial charge on any atom is -0.480 e. The maximum atomic E-state index is 12.4. The Labute approximate surface area is 150 Å². The minimum atomic E-state index is -1.07. The van der Waals surface area contributed by atoms with E-state index in [4.69, 9.17) is 4.74 Å². The number of nitrogens with zero attached hydrogens (tertiary/aromatic N) is 1. The van der Waals surface area contributed by atoms with Gasteiger partial charge in [-0.3, -0.25) is 9.59 Å². The molecule has 1 rings (SSSR count). The maximum absolute atomic E-state index is 12.4. The molecule has 1 aliphatic rings. The van der Waals surface area contributed by atoms with Gasteiger partial charge in [-0.1, -0.05) is 6.92 Å². The van der Waals surface area contributed by atoms with Crippen LogP contribution < -0.4 is 5.32 Å². The van der Waals surface area contributed by atoms with Gasteiger partial charge >= 0.3 is 5.97 Å². The fourth-order valence-electron chi connectivity index (χ4n) is 2.82. The topological polar surface area (TPSA) is 95.9 Å². The van der Waals surface area contributed by atoms with Crippen molar-refractivity contribution in [1.82, 2.24) is 10.2 Å². The molecule has 0 aromatic carbocycles. The van der Waals surface area contributed by atoms with Gasteiger partial charge in [0.1, 0.15) is 6.04 Å². The molecule has 0 radical (unpaired) electrons. The molecular weight excluding hydrogens is 324 g/mol. The van der Waals surface area contributed by atoms with E-state index in [9.17, 15) is 19.5 Å². The van der Waals surface area contributed by atoms with Crippen LogP contribution in [-0.4, -0.2) is 59.1 Å². The van der Waals surface area contributed by atoms with E-state index >= 15 is 0 Å². The summed E-state index contributed by atoms with van der Waals surface area (Å²) in [5, 5.41) is 11.9. The minimum absolute atomic E-state index is 0.0633. The highest BCUT2D eigenvalue weighted by Gasteiger charge is 2.30. The number of hydrogen-bond acceptors (Lipinski definition) is 4. The van der Waals surface area contributed by atoms with Crippen molar-refractivity contribution < 1.29 is 24.2 Å². The summed E-state index contributed by atoms with van der Waals surface area (Å²) >= 11 is 0. The SMILES string of the molecule is CCCC(=O)N1CCCC(C(=O)NC(CCOC(C)(C)C)C(=O)O)C1. The van der Waals surface area contributed by atoms with Gasteiger partial charge in [-0.2, -0.15) is 0 Å². The van der Waals surface area contributed by atoms with Gasteiger partial charge in [-0.05, 0) is 40.0 Å². The smallest absolute Gasteiger partial charge is 0.326 e.